The van der Waals surface area contributed by atoms with Crippen LogP contribution in [0.3, 0.4) is 0 Å². The second-order valence-corrected chi connectivity index (χ2v) is 12.6. The van der Waals surface area contributed by atoms with Gasteiger partial charge in [-0.25, -0.2) is 8.78 Å². The predicted octanol–water partition coefficient (Wildman–Crippen LogP) is 7.82. The van der Waals surface area contributed by atoms with Crippen molar-refractivity contribution < 1.29 is 92.2 Å². The monoisotopic (exact) mass is 604 g/mol. The molecule has 0 aliphatic carbocycles. The zero-order chi connectivity index (χ0) is 30.0. The highest BCUT2D eigenvalue weighted by Gasteiger charge is 2.96. The molecule has 0 heterocycles. The number of hydrogen-bond acceptors (Lipinski definition) is 1. The molecule has 0 aromatic rings. The van der Waals surface area contributed by atoms with Gasteiger partial charge in [0.2, 0.25) is 0 Å². The van der Waals surface area contributed by atoms with Gasteiger partial charge in [-0.15, -0.1) is 0 Å². The van der Waals surface area contributed by atoms with E-state index in [-0.39, 0.29) is 0 Å². The Hall–Kier alpha value is -1.22. The van der Waals surface area contributed by atoms with Gasteiger partial charge in [0.25, 0.3) is 0 Å². The van der Waals surface area contributed by atoms with Gasteiger partial charge in [-0.3, -0.25) is 0 Å². The first kappa shape index (κ1) is 34.8. The quantitative estimate of drug-likeness (QED) is 0.163. The Morgan fingerprint density at radius 1 is 0.472 bits per heavy atom. The Kier molecular flexibility index (Phi) is 8.62. The highest BCUT2D eigenvalue weighted by atomic mass is 28.4. The zero-order valence-corrected chi connectivity index (χ0v) is 18.3. The van der Waals surface area contributed by atoms with Gasteiger partial charge < -0.3 is 4.43 Å². The van der Waals surface area contributed by atoms with Crippen molar-refractivity contribution in [1.82, 2.24) is 0 Å². The lowest BCUT2D eigenvalue weighted by Crippen LogP contribution is -2.76. The van der Waals surface area contributed by atoms with E-state index in [9.17, 15) is 87.8 Å². The summed E-state index contributed by atoms with van der Waals surface area (Å²) >= 11 is 0. The fourth-order valence-electron chi connectivity index (χ4n) is 1.96. The maximum atomic E-state index is 13.6. The fraction of sp³-hybridized carbons (Fsp3) is 1.00. The first-order chi connectivity index (χ1) is 15.2. The second kappa shape index (κ2) is 8.92. The van der Waals surface area contributed by atoms with E-state index in [1.54, 1.807) is 0 Å². The standard InChI is InChI=1S/C14H12F20OSi/c1-36(2,3)35-4-6(17,18)8(21,22)10(25,26)12(29,30)14(33,34)13(31,32)11(27,28)9(23,24)7(19,20)5(15)16/h5H,4H2,1-3H3. The van der Waals surface area contributed by atoms with Crippen LogP contribution in [0.5, 0.6) is 0 Å². The van der Waals surface area contributed by atoms with Crippen LogP contribution in [0.4, 0.5) is 87.8 Å². The van der Waals surface area contributed by atoms with Crippen LogP contribution < -0.4 is 0 Å². The molecular formula is C14H12F20OSi. The molecular weight excluding hydrogens is 592 g/mol. The van der Waals surface area contributed by atoms with Crippen LogP contribution in [0.1, 0.15) is 0 Å². The van der Waals surface area contributed by atoms with Gasteiger partial charge in [0.15, 0.2) is 8.32 Å². The number of alkyl halides is 20. The minimum atomic E-state index is -8.99. The van der Waals surface area contributed by atoms with E-state index in [0.717, 1.165) is 19.6 Å². The number of rotatable bonds is 12. The maximum absolute atomic E-state index is 13.6. The summed E-state index contributed by atoms with van der Waals surface area (Å²) in [5, 5.41) is 0. The summed E-state index contributed by atoms with van der Waals surface area (Å²) in [5.74, 6) is -74.8. The van der Waals surface area contributed by atoms with Crippen LogP contribution in [0.2, 0.25) is 19.6 Å². The molecule has 1 nitrogen and oxygen atoms in total. The van der Waals surface area contributed by atoms with E-state index in [1.165, 1.54) is 0 Å². The molecule has 0 bridgehead atoms. The van der Waals surface area contributed by atoms with Crippen molar-refractivity contribution in [2.75, 3.05) is 6.61 Å². The van der Waals surface area contributed by atoms with Crippen LogP contribution >= 0.6 is 0 Å². The minimum absolute atomic E-state index is 0.903. The van der Waals surface area contributed by atoms with Crippen LogP contribution in [-0.2, 0) is 4.43 Å². The summed E-state index contributed by atoms with van der Waals surface area (Å²) < 4.78 is 269. The smallest absolute Gasteiger partial charge is 0.385 e. The van der Waals surface area contributed by atoms with Crippen molar-refractivity contribution in [3.05, 3.63) is 0 Å². The largest absolute Gasteiger partial charge is 0.411 e. The normalized spacial score (nSPS) is 16.7. The van der Waals surface area contributed by atoms with Crippen LogP contribution in [0, 0.1) is 0 Å². The summed E-state index contributed by atoms with van der Waals surface area (Å²) in [7, 11) is -3.42. The summed E-state index contributed by atoms with van der Waals surface area (Å²) in [4.78, 5) is 0. The number of halogens is 20. The molecule has 22 heteroatoms. The Labute approximate surface area is 187 Å². The third-order valence-electron chi connectivity index (χ3n) is 4.20. The van der Waals surface area contributed by atoms with E-state index in [2.05, 4.69) is 4.43 Å². The van der Waals surface area contributed by atoms with Crippen molar-refractivity contribution in [2.45, 2.75) is 79.4 Å². The van der Waals surface area contributed by atoms with E-state index in [1.807, 2.05) is 0 Å². The van der Waals surface area contributed by atoms with Crippen molar-refractivity contribution >= 4 is 8.32 Å². The van der Waals surface area contributed by atoms with E-state index in [0.29, 0.717) is 0 Å². The van der Waals surface area contributed by atoms with E-state index in [4.69, 9.17) is 0 Å². The Morgan fingerprint density at radius 2 is 0.722 bits per heavy atom. The van der Waals surface area contributed by atoms with E-state index < -0.39 is 74.7 Å². The molecule has 0 aliphatic rings. The van der Waals surface area contributed by atoms with Crippen molar-refractivity contribution in [1.29, 1.82) is 0 Å². The topological polar surface area (TPSA) is 9.23 Å². The molecule has 0 atom stereocenters. The van der Waals surface area contributed by atoms with Gasteiger partial charge in [0.05, 0.1) is 0 Å². The third-order valence-corrected chi connectivity index (χ3v) is 5.21. The lowest BCUT2D eigenvalue weighted by atomic mass is 9.86. The molecule has 0 aromatic heterocycles. The van der Waals surface area contributed by atoms with Gasteiger partial charge in [0, 0.05) is 0 Å². The van der Waals surface area contributed by atoms with Crippen LogP contribution in [0.25, 0.3) is 0 Å². The second-order valence-electron chi connectivity index (χ2n) is 8.05. The van der Waals surface area contributed by atoms with Crippen molar-refractivity contribution in [2.24, 2.45) is 0 Å². The average Bonchev–Trinajstić information content (AvgIpc) is 2.64. The molecule has 0 saturated heterocycles. The van der Waals surface area contributed by atoms with Crippen LogP contribution in [0.15, 0.2) is 0 Å². The number of hydrogen-bond donors (Lipinski definition) is 0. The Morgan fingerprint density at radius 3 is 0.972 bits per heavy atom. The van der Waals surface area contributed by atoms with Crippen molar-refractivity contribution in [3.8, 4) is 0 Å². The summed E-state index contributed by atoms with van der Waals surface area (Å²) in [6.07, 6.45) is -6.08. The van der Waals surface area contributed by atoms with Gasteiger partial charge in [-0.2, -0.15) is 79.0 Å². The first-order valence-electron chi connectivity index (χ1n) is 8.47. The molecule has 36 heavy (non-hydrogen) atoms. The lowest BCUT2D eigenvalue weighted by Gasteiger charge is -2.44. The SMILES string of the molecule is C[Si](C)(C)OCC(F)(F)C(F)(F)C(F)(F)C(F)(F)C(F)(F)C(F)(F)C(F)(F)C(F)(F)C(F)(F)C(F)F. The van der Waals surface area contributed by atoms with Gasteiger partial charge in [-0.05, 0) is 19.6 Å². The Balaban J connectivity index is 6.87. The fourth-order valence-corrected chi connectivity index (χ4v) is 2.57. The highest BCUT2D eigenvalue weighted by molar-refractivity contribution is 6.69. The van der Waals surface area contributed by atoms with Crippen molar-refractivity contribution in [3.63, 3.8) is 0 Å². The third kappa shape index (κ3) is 4.72. The molecule has 0 amide bonds. The average molecular weight is 604 g/mol. The van der Waals surface area contributed by atoms with E-state index >= 15 is 0 Å². The summed E-state index contributed by atoms with van der Waals surface area (Å²) in [6, 6.07) is 0. The maximum Gasteiger partial charge on any atom is 0.385 e. The zero-order valence-electron chi connectivity index (χ0n) is 17.3. The molecule has 0 unspecified atom stereocenters. The molecule has 0 radical (unpaired) electrons. The minimum Gasteiger partial charge on any atom is -0.411 e. The molecule has 0 saturated carbocycles. The first-order valence-corrected chi connectivity index (χ1v) is 11.9. The highest BCUT2D eigenvalue weighted by Crippen LogP contribution is 2.65. The molecule has 0 aromatic carbocycles. The molecule has 0 N–H and O–H groups in total. The Bertz CT molecular complexity index is 782. The van der Waals surface area contributed by atoms with Crippen LogP contribution in [-0.4, -0.2) is 74.7 Å². The summed E-state index contributed by atoms with van der Waals surface area (Å²) in [5.41, 5.74) is 0. The molecule has 0 spiro atoms. The predicted molar refractivity (Wildman–Crippen MR) is 79.8 cm³/mol. The molecule has 0 fully saturated rings. The molecule has 0 rings (SSSR count). The van der Waals surface area contributed by atoms with Gasteiger partial charge >= 0.3 is 59.7 Å². The van der Waals surface area contributed by atoms with Gasteiger partial charge in [-0.1, -0.05) is 0 Å². The van der Waals surface area contributed by atoms with Gasteiger partial charge in [0.1, 0.15) is 6.61 Å². The summed E-state index contributed by atoms with van der Waals surface area (Å²) in [6.45, 7) is -0.251. The lowest BCUT2D eigenvalue weighted by molar-refractivity contribution is -0.465. The molecule has 218 valence electrons. The molecule has 0 aliphatic heterocycles.